The number of benzene rings is 2. The van der Waals surface area contributed by atoms with Gasteiger partial charge in [0.25, 0.3) is 0 Å². The number of hydrogen-bond donors (Lipinski definition) is 1. The predicted octanol–water partition coefficient (Wildman–Crippen LogP) is 2.94. The highest BCUT2D eigenvalue weighted by atomic mass is 16.4. The van der Waals surface area contributed by atoms with E-state index in [0.717, 1.165) is 16.7 Å². The molecular formula is C17H17NO3. The molecule has 1 aromatic heterocycles. The molecule has 3 aromatic rings. The normalized spacial score (nSPS) is 12.7. The number of aliphatic hydroxyl groups excluding tert-OH is 1. The van der Waals surface area contributed by atoms with Crippen molar-refractivity contribution in [2.45, 2.75) is 26.5 Å². The molecule has 1 heterocycles. The van der Waals surface area contributed by atoms with Crippen molar-refractivity contribution in [3.63, 3.8) is 0 Å². The van der Waals surface area contributed by atoms with Crippen LogP contribution in [0.15, 0.2) is 51.7 Å². The minimum atomic E-state index is -0.748. The zero-order valence-corrected chi connectivity index (χ0v) is 12.0. The molecule has 0 saturated heterocycles. The van der Waals surface area contributed by atoms with Crippen molar-refractivity contribution in [3.8, 4) is 0 Å². The number of aryl methyl sites for hydroxylation is 2. The second-order valence-corrected chi connectivity index (χ2v) is 5.38. The molecule has 4 heteroatoms. The summed E-state index contributed by atoms with van der Waals surface area (Å²) in [5.74, 6) is -0.445. The minimum Gasteiger partial charge on any atom is -0.408 e. The van der Waals surface area contributed by atoms with Crippen LogP contribution in [0.1, 0.15) is 22.8 Å². The molecule has 1 unspecified atom stereocenters. The van der Waals surface area contributed by atoms with Crippen LogP contribution in [-0.4, -0.2) is 9.67 Å². The van der Waals surface area contributed by atoms with E-state index in [1.54, 1.807) is 6.07 Å². The maximum Gasteiger partial charge on any atom is 0.420 e. The Morgan fingerprint density at radius 3 is 2.52 bits per heavy atom. The molecule has 0 radical (unpaired) electrons. The Morgan fingerprint density at radius 2 is 1.81 bits per heavy atom. The van der Waals surface area contributed by atoms with Crippen molar-refractivity contribution >= 4 is 11.1 Å². The van der Waals surface area contributed by atoms with Gasteiger partial charge in [0, 0.05) is 0 Å². The molecule has 0 aliphatic rings. The van der Waals surface area contributed by atoms with Gasteiger partial charge in [-0.3, -0.25) is 4.57 Å². The lowest BCUT2D eigenvalue weighted by Crippen LogP contribution is -2.19. The molecule has 0 fully saturated rings. The average Bonchev–Trinajstić information content (AvgIpc) is 2.74. The average molecular weight is 283 g/mol. The van der Waals surface area contributed by atoms with E-state index >= 15 is 0 Å². The van der Waals surface area contributed by atoms with Gasteiger partial charge in [-0.2, -0.15) is 0 Å². The van der Waals surface area contributed by atoms with Crippen molar-refractivity contribution in [2.75, 3.05) is 0 Å². The number of nitrogens with zero attached hydrogens (tertiary/aromatic N) is 1. The fourth-order valence-corrected chi connectivity index (χ4v) is 2.67. The highest BCUT2D eigenvalue weighted by molar-refractivity contribution is 5.72. The lowest BCUT2D eigenvalue weighted by molar-refractivity contribution is 0.154. The minimum absolute atomic E-state index is 0.179. The summed E-state index contributed by atoms with van der Waals surface area (Å²) in [7, 11) is 0. The predicted molar refractivity (Wildman–Crippen MR) is 81.3 cm³/mol. The van der Waals surface area contributed by atoms with Crippen LogP contribution in [0.3, 0.4) is 0 Å². The number of rotatable bonds is 3. The lowest BCUT2D eigenvalue weighted by atomic mass is 10.0. The van der Waals surface area contributed by atoms with Crippen LogP contribution >= 0.6 is 0 Å². The topological polar surface area (TPSA) is 55.4 Å². The quantitative estimate of drug-likeness (QED) is 0.804. The first kappa shape index (κ1) is 13.6. The molecule has 4 nitrogen and oxygen atoms in total. The van der Waals surface area contributed by atoms with Gasteiger partial charge < -0.3 is 9.52 Å². The summed E-state index contributed by atoms with van der Waals surface area (Å²) >= 11 is 0. The SMILES string of the molecule is Cc1cc(C)cc(C(O)Cn2c(=O)oc3ccccc32)c1. The number of aliphatic hydroxyl groups is 1. The van der Waals surface area contributed by atoms with Crippen LogP contribution in [-0.2, 0) is 6.54 Å². The summed E-state index contributed by atoms with van der Waals surface area (Å²) in [6.45, 7) is 4.16. The summed E-state index contributed by atoms with van der Waals surface area (Å²) in [6, 6.07) is 13.1. The second kappa shape index (κ2) is 5.22. The highest BCUT2D eigenvalue weighted by Crippen LogP contribution is 2.20. The molecule has 0 saturated carbocycles. The monoisotopic (exact) mass is 283 g/mol. The fourth-order valence-electron chi connectivity index (χ4n) is 2.67. The third-order valence-corrected chi connectivity index (χ3v) is 3.56. The van der Waals surface area contributed by atoms with Gasteiger partial charge in [0.2, 0.25) is 0 Å². The van der Waals surface area contributed by atoms with Gasteiger partial charge in [-0.1, -0.05) is 41.5 Å². The zero-order chi connectivity index (χ0) is 15.0. The van der Waals surface area contributed by atoms with E-state index in [9.17, 15) is 9.90 Å². The number of hydrogen-bond acceptors (Lipinski definition) is 3. The van der Waals surface area contributed by atoms with Gasteiger partial charge in [-0.25, -0.2) is 4.79 Å². The lowest BCUT2D eigenvalue weighted by Gasteiger charge is -2.13. The van der Waals surface area contributed by atoms with Crippen molar-refractivity contribution in [1.82, 2.24) is 4.57 Å². The Morgan fingerprint density at radius 1 is 1.14 bits per heavy atom. The molecule has 0 amide bonds. The summed E-state index contributed by atoms with van der Waals surface area (Å²) < 4.78 is 6.65. The van der Waals surface area contributed by atoms with Crippen molar-refractivity contribution in [2.24, 2.45) is 0 Å². The Balaban J connectivity index is 1.98. The smallest absolute Gasteiger partial charge is 0.408 e. The van der Waals surface area contributed by atoms with Crippen molar-refractivity contribution in [3.05, 3.63) is 69.7 Å². The summed E-state index contributed by atoms with van der Waals surface area (Å²) in [6.07, 6.45) is -0.748. The largest absolute Gasteiger partial charge is 0.420 e. The zero-order valence-electron chi connectivity index (χ0n) is 12.0. The van der Waals surface area contributed by atoms with E-state index in [-0.39, 0.29) is 6.54 Å². The van der Waals surface area contributed by atoms with Gasteiger partial charge >= 0.3 is 5.76 Å². The molecular weight excluding hydrogens is 266 g/mol. The first-order valence-electron chi connectivity index (χ1n) is 6.89. The van der Waals surface area contributed by atoms with E-state index in [2.05, 4.69) is 6.07 Å². The molecule has 108 valence electrons. The van der Waals surface area contributed by atoms with Gasteiger partial charge in [0.15, 0.2) is 5.58 Å². The van der Waals surface area contributed by atoms with Crippen LogP contribution in [0.2, 0.25) is 0 Å². The Hall–Kier alpha value is -2.33. The fraction of sp³-hybridized carbons (Fsp3) is 0.235. The summed E-state index contributed by atoms with van der Waals surface area (Å²) in [4.78, 5) is 11.9. The van der Waals surface area contributed by atoms with Crippen LogP contribution in [0, 0.1) is 13.8 Å². The van der Waals surface area contributed by atoms with Crippen LogP contribution in [0.25, 0.3) is 11.1 Å². The third kappa shape index (κ3) is 2.62. The molecule has 0 aliphatic carbocycles. The standard InChI is InChI=1S/C17H17NO3/c1-11-7-12(2)9-13(8-11)15(19)10-18-14-5-3-4-6-16(14)21-17(18)20/h3-9,15,19H,10H2,1-2H3. The Labute approximate surface area is 122 Å². The molecule has 0 aliphatic heterocycles. The van der Waals surface area contributed by atoms with E-state index < -0.39 is 11.9 Å². The molecule has 1 N–H and O–H groups in total. The molecule has 1 atom stereocenters. The molecule has 3 rings (SSSR count). The Bertz CT molecular complexity index is 824. The highest BCUT2D eigenvalue weighted by Gasteiger charge is 2.15. The number of para-hydroxylation sites is 2. The third-order valence-electron chi connectivity index (χ3n) is 3.56. The van der Waals surface area contributed by atoms with E-state index in [0.29, 0.717) is 11.1 Å². The van der Waals surface area contributed by atoms with Crippen molar-refractivity contribution < 1.29 is 9.52 Å². The second-order valence-electron chi connectivity index (χ2n) is 5.38. The number of aromatic nitrogens is 1. The van der Waals surface area contributed by atoms with Crippen LogP contribution < -0.4 is 5.76 Å². The van der Waals surface area contributed by atoms with Crippen LogP contribution in [0.4, 0.5) is 0 Å². The first-order chi connectivity index (χ1) is 10.0. The Kier molecular flexibility index (Phi) is 3.39. The molecule has 0 bridgehead atoms. The summed E-state index contributed by atoms with van der Waals surface area (Å²) in [5.41, 5.74) is 4.23. The summed E-state index contributed by atoms with van der Waals surface area (Å²) in [5, 5.41) is 10.4. The first-order valence-corrected chi connectivity index (χ1v) is 6.89. The van der Waals surface area contributed by atoms with Gasteiger partial charge in [-0.15, -0.1) is 0 Å². The molecule has 2 aromatic carbocycles. The molecule has 0 spiro atoms. The molecule has 21 heavy (non-hydrogen) atoms. The van der Waals surface area contributed by atoms with Gasteiger partial charge in [-0.05, 0) is 31.5 Å². The van der Waals surface area contributed by atoms with Gasteiger partial charge in [0.05, 0.1) is 18.2 Å². The van der Waals surface area contributed by atoms with Crippen molar-refractivity contribution in [1.29, 1.82) is 0 Å². The van der Waals surface area contributed by atoms with E-state index in [1.165, 1.54) is 4.57 Å². The number of oxazole rings is 1. The van der Waals surface area contributed by atoms with Gasteiger partial charge in [0.1, 0.15) is 0 Å². The maximum absolute atomic E-state index is 11.9. The van der Waals surface area contributed by atoms with Crippen LogP contribution in [0.5, 0.6) is 0 Å². The van der Waals surface area contributed by atoms with E-state index in [4.69, 9.17) is 4.42 Å². The number of fused-ring (bicyclic) bond motifs is 1. The maximum atomic E-state index is 11.9. The van der Waals surface area contributed by atoms with E-state index in [1.807, 2.05) is 44.2 Å².